The summed E-state index contributed by atoms with van der Waals surface area (Å²) in [5, 5.41) is 0. The fraction of sp³-hybridized carbons (Fsp3) is 0.538. The van der Waals surface area contributed by atoms with E-state index in [1.165, 1.54) is 12.5 Å². The molecular formula is C13H20O2. The fourth-order valence-electron chi connectivity index (χ4n) is 1.23. The Morgan fingerprint density at radius 3 is 2.13 bits per heavy atom. The molecule has 0 atom stereocenters. The Morgan fingerprint density at radius 1 is 1.07 bits per heavy atom. The molecule has 0 aromatic carbocycles. The van der Waals surface area contributed by atoms with E-state index in [1.54, 1.807) is 6.08 Å². The van der Waals surface area contributed by atoms with E-state index in [9.17, 15) is 9.59 Å². The van der Waals surface area contributed by atoms with Gasteiger partial charge >= 0.3 is 0 Å². The highest BCUT2D eigenvalue weighted by Crippen LogP contribution is 2.07. The van der Waals surface area contributed by atoms with Crippen LogP contribution in [0.25, 0.3) is 0 Å². The van der Waals surface area contributed by atoms with Gasteiger partial charge in [0, 0.05) is 0 Å². The number of carbonyl (C=O) groups is 2. The van der Waals surface area contributed by atoms with Crippen molar-refractivity contribution in [3.63, 3.8) is 0 Å². The standard InChI is InChI=1S/C13H20O2/c1-10(2)6-5-7-11(3)8-13(15)9-12(4)14/h6,8H,5,7,9H2,1-4H3. The number of hydrogen-bond acceptors (Lipinski definition) is 2. The fourth-order valence-corrected chi connectivity index (χ4v) is 1.23. The number of carbonyl (C=O) groups excluding carboxylic acids is 2. The van der Waals surface area contributed by atoms with Crippen molar-refractivity contribution in [2.75, 3.05) is 0 Å². The molecule has 0 heterocycles. The van der Waals surface area contributed by atoms with Crippen molar-refractivity contribution in [1.82, 2.24) is 0 Å². The maximum absolute atomic E-state index is 11.2. The van der Waals surface area contributed by atoms with Crippen LogP contribution in [0.1, 0.15) is 47.0 Å². The van der Waals surface area contributed by atoms with Gasteiger partial charge in [-0.05, 0) is 46.6 Å². The Bertz CT molecular complexity index is 292. The molecule has 0 aromatic heterocycles. The molecule has 0 amide bonds. The molecule has 0 unspecified atom stereocenters. The Balaban J connectivity index is 4.03. The van der Waals surface area contributed by atoms with Gasteiger partial charge in [0.25, 0.3) is 0 Å². The second-order valence-corrected chi connectivity index (χ2v) is 4.16. The van der Waals surface area contributed by atoms with Gasteiger partial charge in [0.05, 0.1) is 6.42 Å². The minimum absolute atomic E-state index is 0.0278. The van der Waals surface area contributed by atoms with Gasteiger partial charge in [0.1, 0.15) is 5.78 Å². The molecule has 0 aliphatic rings. The quantitative estimate of drug-likeness (QED) is 0.381. The number of hydrogen-bond donors (Lipinski definition) is 0. The largest absolute Gasteiger partial charge is 0.300 e. The summed E-state index contributed by atoms with van der Waals surface area (Å²) in [6.07, 6.45) is 5.60. The van der Waals surface area contributed by atoms with E-state index in [0.717, 1.165) is 18.4 Å². The topological polar surface area (TPSA) is 34.1 Å². The second kappa shape index (κ2) is 7.16. The summed E-state index contributed by atoms with van der Waals surface area (Å²) in [6, 6.07) is 0. The third-order valence-electron chi connectivity index (χ3n) is 1.92. The third kappa shape index (κ3) is 9.13. The van der Waals surface area contributed by atoms with Gasteiger partial charge in [-0.3, -0.25) is 9.59 Å². The molecule has 0 saturated heterocycles. The van der Waals surface area contributed by atoms with Crippen LogP contribution in [0.3, 0.4) is 0 Å². The molecule has 0 bridgehead atoms. The summed E-state index contributed by atoms with van der Waals surface area (Å²) in [7, 11) is 0. The highest BCUT2D eigenvalue weighted by molar-refractivity contribution is 6.03. The highest BCUT2D eigenvalue weighted by atomic mass is 16.1. The zero-order valence-electron chi connectivity index (χ0n) is 10.1. The Kier molecular flexibility index (Phi) is 6.59. The molecule has 2 heteroatoms. The average Bonchev–Trinajstić information content (AvgIpc) is 2.00. The van der Waals surface area contributed by atoms with E-state index >= 15 is 0 Å². The van der Waals surface area contributed by atoms with Crippen LogP contribution in [-0.4, -0.2) is 11.6 Å². The number of Topliss-reactive ketones (excluding diaryl/α,β-unsaturated/α-hetero) is 1. The molecule has 0 aliphatic carbocycles. The first-order chi connectivity index (χ1) is 6.91. The molecule has 0 N–H and O–H groups in total. The lowest BCUT2D eigenvalue weighted by atomic mass is 10.1. The van der Waals surface area contributed by atoms with Gasteiger partial charge in [-0.1, -0.05) is 17.2 Å². The van der Waals surface area contributed by atoms with Crippen LogP contribution in [0, 0.1) is 0 Å². The first kappa shape index (κ1) is 13.8. The first-order valence-corrected chi connectivity index (χ1v) is 5.24. The number of ketones is 2. The number of allylic oxidation sites excluding steroid dienone is 4. The van der Waals surface area contributed by atoms with E-state index < -0.39 is 0 Å². The summed E-state index contributed by atoms with van der Waals surface area (Å²) < 4.78 is 0. The van der Waals surface area contributed by atoms with Gasteiger partial charge in [-0.15, -0.1) is 0 Å². The molecular weight excluding hydrogens is 188 g/mol. The molecule has 0 saturated carbocycles. The van der Waals surface area contributed by atoms with E-state index in [4.69, 9.17) is 0 Å². The van der Waals surface area contributed by atoms with Gasteiger partial charge in [-0.25, -0.2) is 0 Å². The lowest BCUT2D eigenvalue weighted by molar-refractivity contribution is -0.123. The summed E-state index contributed by atoms with van der Waals surface area (Å²) in [5.74, 6) is -0.162. The van der Waals surface area contributed by atoms with Gasteiger partial charge < -0.3 is 0 Å². The average molecular weight is 208 g/mol. The smallest absolute Gasteiger partial charge is 0.162 e. The van der Waals surface area contributed by atoms with Gasteiger partial charge in [-0.2, -0.15) is 0 Å². The molecule has 0 rings (SSSR count). The Hall–Kier alpha value is -1.18. The van der Waals surface area contributed by atoms with Crippen LogP contribution < -0.4 is 0 Å². The zero-order valence-corrected chi connectivity index (χ0v) is 10.1. The van der Waals surface area contributed by atoms with Crippen LogP contribution >= 0.6 is 0 Å². The van der Waals surface area contributed by atoms with Crippen LogP contribution in [0.15, 0.2) is 23.3 Å². The van der Waals surface area contributed by atoms with Gasteiger partial charge in [0.2, 0.25) is 0 Å². The van der Waals surface area contributed by atoms with E-state index in [1.807, 2.05) is 6.92 Å². The summed E-state index contributed by atoms with van der Waals surface area (Å²) in [4.78, 5) is 21.9. The number of rotatable bonds is 6. The van der Waals surface area contributed by atoms with Crippen molar-refractivity contribution in [1.29, 1.82) is 0 Å². The van der Waals surface area contributed by atoms with Crippen molar-refractivity contribution < 1.29 is 9.59 Å². The normalized spacial score (nSPS) is 11.1. The lowest BCUT2D eigenvalue weighted by Gasteiger charge is -1.98. The van der Waals surface area contributed by atoms with Crippen LogP contribution in [-0.2, 0) is 9.59 Å². The summed E-state index contributed by atoms with van der Waals surface area (Å²) >= 11 is 0. The second-order valence-electron chi connectivity index (χ2n) is 4.16. The Labute approximate surface area is 92.1 Å². The predicted molar refractivity (Wildman–Crippen MR) is 62.7 cm³/mol. The van der Waals surface area contributed by atoms with Crippen molar-refractivity contribution in [3.8, 4) is 0 Å². The zero-order chi connectivity index (χ0) is 11.8. The third-order valence-corrected chi connectivity index (χ3v) is 1.92. The predicted octanol–water partition coefficient (Wildman–Crippen LogP) is 3.23. The Morgan fingerprint density at radius 2 is 1.67 bits per heavy atom. The molecule has 84 valence electrons. The van der Waals surface area contributed by atoms with Gasteiger partial charge in [0.15, 0.2) is 5.78 Å². The molecule has 0 aromatic rings. The van der Waals surface area contributed by atoms with Crippen LogP contribution in [0.4, 0.5) is 0 Å². The lowest BCUT2D eigenvalue weighted by Crippen LogP contribution is -2.01. The van der Waals surface area contributed by atoms with Crippen LogP contribution in [0.2, 0.25) is 0 Å². The maximum atomic E-state index is 11.2. The minimum Gasteiger partial charge on any atom is -0.300 e. The van der Waals surface area contributed by atoms with E-state index in [-0.39, 0.29) is 18.0 Å². The molecule has 0 aliphatic heterocycles. The van der Waals surface area contributed by atoms with Crippen molar-refractivity contribution in [2.24, 2.45) is 0 Å². The molecule has 0 radical (unpaired) electrons. The van der Waals surface area contributed by atoms with E-state index in [2.05, 4.69) is 19.9 Å². The minimum atomic E-state index is -0.0859. The molecule has 15 heavy (non-hydrogen) atoms. The van der Waals surface area contributed by atoms with Crippen molar-refractivity contribution in [2.45, 2.75) is 47.0 Å². The summed E-state index contributed by atoms with van der Waals surface area (Å²) in [5.41, 5.74) is 2.33. The molecule has 2 nitrogen and oxygen atoms in total. The van der Waals surface area contributed by atoms with E-state index in [0.29, 0.717) is 0 Å². The van der Waals surface area contributed by atoms with Crippen molar-refractivity contribution >= 4 is 11.6 Å². The van der Waals surface area contributed by atoms with Crippen LogP contribution in [0.5, 0.6) is 0 Å². The highest BCUT2D eigenvalue weighted by Gasteiger charge is 2.01. The summed E-state index contributed by atoms with van der Waals surface area (Å²) in [6.45, 7) is 7.47. The SMILES string of the molecule is CC(=O)CC(=O)C=C(C)CCC=C(C)C. The monoisotopic (exact) mass is 208 g/mol. The molecule has 0 spiro atoms. The molecule has 0 fully saturated rings. The first-order valence-electron chi connectivity index (χ1n) is 5.24. The maximum Gasteiger partial charge on any atom is 0.162 e. The van der Waals surface area contributed by atoms with Crippen molar-refractivity contribution in [3.05, 3.63) is 23.3 Å².